The molecule has 6 rings (SSSR count). The lowest BCUT2D eigenvalue weighted by Crippen LogP contribution is -2.70. The van der Waals surface area contributed by atoms with E-state index in [1.807, 2.05) is 0 Å². The van der Waals surface area contributed by atoms with Crippen molar-refractivity contribution < 1.29 is 4.48 Å². The molecule has 3 aromatic carbocycles. The second-order valence-corrected chi connectivity index (χ2v) is 11.6. The van der Waals surface area contributed by atoms with E-state index in [0.29, 0.717) is 11.8 Å². The van der Waals surface area contributed by atoms with E-state index in [1.165, 1.54) is 56.0 Å². The van der Waals surface area contributed by atoms with Crippen molar-refractivity contribution in [2.45, 2.75) is 60.9 Å². The Morgan fingerprint density at radius 1 is 0.833 bits per heavy atom. The minimum Gasteiger partial charge on any atom is -0.338 e. The molecule has 0 aliphatic carbocycles. The van der Waals surface area contributed by atoms with Crippen LogP contribution < -0.4 is 14.8 Å². The Bertz CT molecular complexity index is 1410. The molecule has 0 amide bonds. The van der Waals surface area contributed by atoms with E-state index in [4.69, 9.17) is 0 Å². The third-order valence-electron chi connectivity index (χ3n) is 7.89. The number of anilines is 2. The highest BCUT2D eigenvalue weighted by molar-refractivity contribution is 6.72. The monoisotopic (exact) mass is 474 g/mol. The molecular formula is C32H37BN3+. The summed E-state index contributed by atoms with van der Waals surface area (Å²) in [6, 6.07) is 20.7. The molecule has 4 heteroatoms. The molecule has 2 aliphatic rings. The Kier molecular flexibility index (Phi) is 5.59. The predicted molar refractivity (Wildman–Crippen MR) is 152 cm³/mol. The molecule has 0 saturated carbocycles. The molecule has 0 fully saturated rings. The van der Waals surface area contributed by atoms with Crippen LogP contribution in [0.3, 0.4) is 0 Å². The highest BCUT2D eigenvalue weighted by Gasteiger charge is 2.50. The van der Waals surface area contributed by atoms with Gasteiger partial charge in [-0.2, -0.15) is 0 Å². The van der Waals surface area contributed by atoms with Gasteiger partial charge in [0, 0.05) is 22.4 Å². The molecule has 0 saturated heterocycles. The SMILES string of the molecule is Cc1cccc(C)c1B1N(c2c(CC(C)C)cccc2CC(C)C)c2cccc3c2-c2n(cc[n+]21)C3. The lowest BCUT2D eigenvalue weighted by Gasteiger charge is -2.37. The summed E-state index contributed by atoms with van der Waals surface area (Å²) in [6.45, 7) is 14.9. The van der Waals surface area contributed by atoms with Gasteiger partial charge in [-0.25, -0.2) is 4.57 Å². The molecule has 0 bridgehead atoms. The van der Waals surface area contributed by atoms with Crippen molar-refractivity contribution in [2.24, 2.45) is 11.8 Å². The van der Waals surface area contributed by atoms with E-state index in [0.717, 1.165) is 19.4 Å². The molecule has 0 radical (unpaired) electrons. The van der Waals surface area contributed by atoms with E-state index < -0.39 is 0 Å². The van der Waals surface area contributed by atoms with Crippen LogP contribution in [0.2, 0.25) is 0 Å². The van der Waals surface area contributed by atoms with Gasteiger partial charge in [-0.15, -0.1) is 0 Å². The quantitative estimate of drug-likeness (QED) is 0.267. The molecule has 4 aromatic rings. The number of aromatic nitrogens is 2. The highest BCUT2D eigenvalue weighted by atomic mass is 15.3. The summed E-state index contributed by atoms with van der Waals surface area (Å²) >= 11 is 0. The van der Waals surface area contributed by atoms with Crippen LogP contribution in [0.15, 0.2) is 67.0 Å². The Morgan fingerprint density at radius 2 is 1.44 bits per heavy atom. The van der Waals surface area contributed by atoms with Crippen LogP contribution >= 0.6 is 0 Å². The molecule has 0 unspecified atom stereocenters. The van der Waals surface area contributed by atoms with Gasteiger partial charge in [0.2, 0.25) is 0 Å². The number of para-hydroxylation sites is 1. The standard InChI is InChI=1S/C32H37BN3/c1-21(2)18-25-12-8-13-26(19-22(3)4)31(25)36-28-15-9-14-27-20-34-16-17-35(32(34)29(27)28)33(36)30-23(5)10-7-11-24(30)6/h7-17,21-22H,18-20H2,1-6H3/q+1. The van der Waals surface area contributed by atoms with Gasteiger partial charge in [-0.1, -0.05) is 76.2 Å². The molecule has 0 spiro atoms. The lowest BCUT2D eigenvalue weighted by atomic mass is 9.59. The van der Waals surface area contributed by atoms with Crippen molar-refractivity contribution in [1.82, 2.24) is 4.57 Å². The minimum absolute atomic E-state index is 0.0718. The van der Waals surface area contributed by atoms with Crippen LogP contribution in [0.4, 0.5) is 11.4 Å². The van der Waals surface area contributed by atoms with Crippen molar-refractivity contribution in [2.75, 3.05) is 4.81 Å². The molecule has 1 aromatic heterocycles. The summed E-state index contributed by atoms with van der Waals surface area (Å²) in [4.78, 5) is 2.70. The van der Waals surface area contributed by atoms with Crippen LogP contribution in [0.1, 0.15) is 55.5 Å². The van der Waals surface area contributed by atoms with Gasteiger partial charge in [-0.05, 0) is 66.8 Å². The first-order chi connectivity index (χ1) is 17.3. The van der Waals surface area contributed by atoms with Gasteiger partial charge < -0.3 is 4.81 Å². The van der Waals surface area contributed by atoms with Gasteiger partial charge in [0.1, 0.15) is 18.9 Å². The second-order valence-electron chi connectivity index (χ2n) is 11.6. The first-order valence-electron chi connectivity index (χ1n) is 13.5. The van der Waals surface area contributed by atoms with E-state index in [9.17, 15) is 0 Å². The average molecular weight is 474 g/mol. The Labute approximate surface area is 216 Å². The molecule has 182 valence electrons. The van der Waals surface area contributed by atoms with Gasteiger partial charge >= 0.3 is 6.98 Å². The van der Waals surface area contributed by atoms with Crippen LogP contribution in [-0.4, -0.2) is 11.5 Å². The van der Waals surface area contributed by atoms with E-state index in [-0.39, 0.29) is 6.98 Å². The summed E-state index contributed by atoms with van der Waals surface area (Å²) in [5.74, 6) is 2.52. The fourth-order valence-electron chi connectivity index (χ4n) is 6.56. The summed E-state index contributed by atoms with van der Waals surface area (Å²) in [5.41, 5.74) is 12.6. The Balaban J connectivity index is 1.71. The van der Waals surface area contributed by atoms with Crippen LogP contribution in [-0.2, 0) is 19.4 Å². The average Bonchev–Trinajstić information content (AvgIpc) is 3.39. The zero-order chi connectivity index (χ0) is 25.1. The van der Waals surface area contributed by atoms with Crippen LogP contribution in [0, 0.1) is 25.7 Å². The third kappa shape index (κ3) is 3.53. The first-order valence-corrected chi connectivity index (χ1v) is 13.5. The van der Waals surface area contributed by atoms with Gasteiger partial charge in [-0.3, -0.25) is 4.48 Å². The normalized spacial score (nSPS) is 13.8. The summed E-state index contributed by atoms with van der Waals surface area (Å²) in [6.07, 6.45) is 6.73. The molecule has 0 N–H and O–H groups in total. The lowest BCUT2D eigenvalue weighted by molar-refractivity contribution is -0.523. The van der Waals surface area contributed by atoms with Crippen molar-refractivity contribution >= 4 is 23.8 Å². The van der Waals surface area contributed by atoms with Crippen LogP contribution in [0.5, 0.6) is 0 Å². The van der Waals surface area contributed by atoms with Crippen LogP contribution in [0.25, 0.3) is 11.4 Å². The maximum absolute atomic E-state index is 2.70. The number of hydrogen-bond acceptors (Lipinski definition) is 1. The second kappa shape index (κ2) is 8.69. The summed E-state index contributed by atoms with van der Waals surface area (Å²) in [7, 11) is 0. The zero-order valence-corrected chi connectivity index (χ0v) is 22.5. The number of benzene rings is 3. The molecule has 36 heavy (non-hydrogen) atoms. The van der Waals surface area contributed by atoms with Crippen molar-refractivity contribution in [1.29, 1.82) is 0 Å². The summed E-state index contributed by atoms with van der Waals surface area (Å²) < 4.78 is 4.97. The maximum Gasteiger partial charge on any atom is 0.542 e. The Hall–Kier alpha value is -3.27. The van der Waals surface area contributed by atoms with E-state index >= 15 is 0 Å². The number of nitrogens with zero attached hydrogens (tertiary/aromatic N) is 3. The minimum atomic E-state index is 0.0718. The number of hydrogen-bond donors (Lipinski definition) is 0. The van der Waals surface area contributed by atoms with Gasteiger partial charge in [0.25, 0.3) is 5.82 Å². The van der Waals surface area contributed by atoms with Gasteiger partial charge in [0.05, 0.1) is 5.56 Å². The number of rotatable bonds is 6. The van der Waals surface area contributed by atoms with E-state index in [1.54, 1.807) is 0 Å². The molecule has 3 heterocycles. The fourth-order valence-corrected chi connectivity index (χ4v) is 6.56. The van der Waals surface area contributed by atoms with Crippen molar-refractivity contribution in [3.8, 4) is 11.4 Å². The molecule has 3 nitrogen and oxygen atoms in total. The van der Waals surface area contributed by atoms with Crippen molar-refractivity contribution in [3.05, 3.63) is 94.8 Å². The Morgan fingerprint density at radius 3 is 2.08 bits per heavy atom. The topological polar surface area (TPSA) is 12.1 Å². The van der Waals surface area contributed by atoms with E-state index in [2.05, 4.69) is 122 Å². The summed E-state index contributed by atoms with van der Waals surface area (Å²) in [5, 5.41) is 0. The third-order valence-corrected chi connectivity index (χ3v) is 7.89. The largest absolute Gasteiger partial charge is 0.542 e. The first kappa shape index (κ1) is 23.2. The zero-order valence-electron chi connectivity index (χ0n) is 22.5. The molecule has 0 atom stereocenters. The maximum atomic E-state index is 2.70. The van der Waals surface area contributed by atoms with Crippen molar-refractivity contribution in [3.63, 3.8) is 0 Å². The number of aryl methyl sites for hydroxylation is 2. The predicted octanol–water partition coefficient (Wildman–Crippen LogP) is 6.21. The fraction of sp³-hybridized carbons (Fsp3) is 0.344. The van der Waals surface area contributed by atoms with Gasteiger partial charge in [0.15, 0.2) is 0 Å². The highest BCUT2D eigenvalue weighted by Crippen LogP contribution is 2.46. The molecule has 2 aliphatic heterocycles. The smallest absolute Gasteiger partial charge is 0.338 e. The molecular weight excluding hydrogens is 437 g/mol. The number of imidazole rings is 1.